The fourth-order valence-electron chi connectivity index (χ4n) is 2.41. The lowest BCUT2D eigenvalue weighted by atomic mass is 9.91. The Morgan fingerprint density at radius 1 is 1.25 bits per heavy atom. The van der Waals surface area contributed by atoms with Crippen LogP contribution >= 0.6 is 23.1 Å². The van der Waals surface area contributed by atoms with Crippen molar-refractivity contribution in [1.29, 1.82) is 0 Å². The van der Waals surface area contributed by atoms with Crippen LogP contribution in [0.4, 0.5) is 0 Å². The predicted molar refractivity (Wildman–Crippen MR) is 101 cm³/mol. The summed E-state index contributed by atoms with van der Waals surface area (Å²) in [5, 5.41) is 12.5. The molecule has 1 aromatic carbocycles. The lowest BCUT2D eigenvalue weighted by Gasteiger charge is -2.29. The zero-order chi connectivity index (χ0) is 17.7. The summed E-state index contributed by atoms with van der Waals surface area (Å²) in [5.74, 6) is -0.00466. The van der Waals surface area contributed by atoms with Crippen molar-refractivity contribution in [1.82, 2.24) is 4.72 Å². The Bertz CT molecular complexity index is 727. The van der Waals surface area contributed by atoms with Crippen molar-refractivity contribution < 1.29 is 13.5 Å². The number of sulfonamides is 1. The minimum Gasteiger partial charge on any atom is -0.387 e. The van der Waals surface area contributed by atoms with E-state index in [-0.39, 0.29) is 10.1 Å². The van der Waals surface area contributed by atoms with Crippen LogP contribution in [0, 0.1) is 5.92 Å². The summed E-state index contributed by atoms with van der Waals surface area (Å²) in [5.41, 5.74) is 0.715. The smallest absolute Gasteiger partial charge is 0.250 e. The third-order valence-electron chi connectivity index (χ3n) is 4.11. The quantitative estimate of drug-likeness (QED) is 0.677. The molecule has 1 unspecified atom stereocenters. The second-order valence-electron chi connectivity index (χ2n) is 5.68. The molecule has 2 aromatic rings. The molecule has 0 aliphatic carbocycles. The lowest BCUT2D eigenvalue weighted by molar-refractivity contribution is 0.112. The molecule has 0 amide bonds. The van der Waals surface area contributed by atoms with Crippen molar-refractivity contribution in [2.45, 2.75) is 41.5 Å². The van der Waals surface area contributed by atoms with E-state index in [9.17, 15) is 13.5 Å². The summed E-state index contributed by atoms with van der Waals surface area (Å²) in [6.45, 7) is 3.93. The van der Waals surface area contributed by atoms with Crippen LogP contribution < -0.4 is 4.72 Å². The van der Waals surface area contributed by atoms with Crippen molar-refractivity contribution >= 4 is 33.1 Å². The van der Waals surface area contributed by atoms with Gasteiger partial charge >= 0.3 is 0 Å². The zero-order valence-electron chi connectivity index (χ0n) is 14.0. The number of benzene rings is 1. The van der Waals surface area contributed by atoms with Gasteiger partial charge in [0.15, 0.2) is 0 Å². The van der Waals surface area contributed by atoms with Crippen LogP contribution in [0.2, 0.25) is 0 Å². The summed E-state index contributed by atoms with van der Waals surface area (Å²) in [4.78, 5) is 1.10. The monoisotopic (exact) mass is 385 g/mol. The molecule has 3 atom stereocenters. The first kappa shape index (κ1) is 19.5. The van der Waals surface area contributed by atoms with Gasteiger partial charge < -0.3 is 5.11 Å². The fourth-order valence-corrected chi connectivity index (χ4v) is 5.18. The lowest BCUT2D eigenvalue weighted by Crippen LogP contribution is -2.43. The second kappa shape index (κ2) is 8.49. The third kappa shape index (κ3) is 4.61. The van der Waals surface area contributed by atoms with Crippen LogP contribution in [-0.4, -0.2) is 25.8 Å². The first-order valence-corrected chi connectivity index (χ1v) is 11.4. The molecule has 0 radical (unpaired) electrons. The third-order valence-corrected chi connectivity index (χ3v) is 7.71. The molecule has 0 aliphatic rings. The van der Waals surface area contributed by atoms with Crippen LogP contribution in [0.3, 0.4) is 0 Å². The SMILES string of the molecule is CC[C@H](C)C(NS(=O)(=O)c1cccs1)[C@@H](O)c1ccc(SC)cc1. The minimum absolute atomic E-state index is 0.00466. The van der Waals surface area contributed by atoms with Gasteiger partial charge in [0.2, 0.25) is 10.0 Å². The van der Waals surface area contributed by atoms with Crippen molar-refractivity contribution in [3.8, 4) is 0 Å². The molecule has 2 rings (SSSR count). The molecule has 0 spiro atoms. The van der Waals surface area contributed by atoms with Gasteiger partial charge in [0.1, 0.15) is 4.21 Å². The Morgan fingerprint density at radius 3 is 2.42 bits per heavy atom. The number of hydrogen-bond donors (Lipinski definition) is 2. The number of thioether (sulfide) groups is 1. The van der Waals surface area contributed by atoms with Crippen molar-refractivity contribution in [2.75, 3.05) is 6.26 Å². The second-order valence-corrected chi connectivity index (χ2v) is 9.45. The number of hydrogen-bond acceptors (Lipinski definition) is 5. The molecule has 0 bridgehead atoms. The summed E-state index contributed by atoms with van der Waals surface area (Å²) in [7, 11) is -3.63. The fraction of sp³-hybridized carbons (Fsp3) is 0.412. The van der Waals surface area contributed by atoms with E-state index in [1.807, 2.05) is 44.4 Å². The molecule has 0 saturated heterocycles. The first-order valence-electron chi connectivity index (χ1n) is 7.77. The van der Waals surface area contributed by atoms with Gasteiger partial charge in [-0.2, -0.15) is 0 Å². The molecule has 2 N–H and O–H groups in total. The maximum atomic E-state index is 12.5. The molecule has 1 heterocycles. The Kier molecular flexibility index (Phi) is 6.88. The first-order chi connectivity index (χ1) is 11.4. The summed E-state index contributed by atoms with van der Waals surface area (Å²) in [6.07, 6.45) is 1.85. The van der Waals surface area contributed by atoms with Crippen LogP contribution in [0.25, 0.3) is 0 Å². The number of nitrogens with one attached hydrogen (secondary N) is 1. The number of rotatable bonds is 8. The number of aliphatic hydroxyl groups excluding tert-OH is 1. The highest BCUT2D eigenvalue weighted by Crippen LogP contribution is 2.28. The van der Waals surface area contributed by atoms with E-state index < -0.39 is 22.2 Å². The maximum Gasteiger partial charge on any atom is 0.250 e. The van der Waals surface area contributed by atoms with Gasteiger partial charge in [0.05, 0.1) is 12.1 Å². The number of thiophene rings is 1. The van der Waals surface area contributed by atoms with Crippen LogP contribution in [0.5, 0.6) is 0 Å². The van der Waals surface area contributed by atoms with Crippen molar-refractivity contribution in [3.05, 3.63) is 47.3 Å². The highest BCUT2D eigenvalue weighted by Gasteiger charge is 2.31. The van der Waals surface area contributed by atoms with Crippen LogP contribution in [0.1, 0.15) is 31.9 Å². The van der Waals surface area contributed by atoms with Gasteiger partial charge in [-0.05, 0) is 41.3 Å². The van der Waals surface area contributed by atoms with E-state index in [0.717, 1.165) is 11.3 Å². The average molecular weight is 386 g/mol. The van der Waals surface area contributed by atoms with E-state index in [4.69, 9.17) is 0 Å². The Balaban J connectivity index is 2.27. The van der Waals surface area contributed by atoms with Crippen LogP contribution in [0.15, 0.2) is 50.9 Å². The van der Waals surface area contributed by atoms with Gasteiger partial charge in [-0.15, -0.1) is 23.1 Å². The highest BCUT2D eigenvalue weighted by molar-refractivity contribution is 7.98. The summed E-state index contributed by atoms with van der Waals surface area (Å²) >= 11 is 2.79. The molecule has 132 valence electrons. The van der Waals surface area contributed by atoms with E-state index in [0.29, 0.717) is 5.56 Å². The normalized spacial score (nSPS) is 15.8. The van der Waals surface area contributed by atoms with Gasteiger partial charge in [-0.1, -0.05) is 38.5 Å². The van der Waals surface area contributed by atoms with E-state index >= 15 is 0 Å². The standard InChI is InChI=1S/C17H23NO3S3/c1-4-12(2)16(18-24(20,21)15-6-5-11-23-15)17(19)13-7-9-14(22-3)10-8-13/h5-12,16-19H,4H2,1-3H3/t12-,16?,17-/m0/s1. The van der Waals surface area contributed by atoms with Gasteiger partial charge in [-0.25, -0.2) is 13.1 Å². The average Bonchev–Trinajstić information content (AvgIpc) is 3.14. The summed E-state index contributed by atoms with van der Waals surface area (Å²) < 4.78 is 28.1. The molecule has 0 fully saturated rings. The Morgan fingerprint density at radius 2 is 1.92 bits per heavy atom. The molecule has 4 nitrogen and oxygen atoms in total. The molecular weight excluding hydrogens is 362 g/mol. The van der Waals surface area contributed by atoms with E-state index in [2.05, 4.69) is 4.72 Å². The Hall–Kier alpha value is -0.860. The number of aliphatic hydroxyl groups is 1. The van der Waals surface area contributed by atoms with E-state index in [1.54, 1.807) is 29.3 Å². The highest BCUT2D eigenvalue weighted by atomic mass is 32.2. The maximum absolute atomic E-state index is 12.5. The molecule has 0 saturated carbocycles. The molecule has 7 heteroatoms. The van der Waals surface area contributed by atoms with Gasteiger partial charge in [0, 0.05) is 4.90 Å². The van der Waals surface area contributed by atoms with E-state index in [1.165, 1.54) is 11.3 Å². The topological polar surface area (TPSA) is 66.4 Å². The van der Waals surface area contributed by atoms with Crippen LogP contribution in [-0.2, 0) is 10.0 Å². The molecule has 24 heavy (non-hydrogen) atoms. The zero-order valence-corrected chi connectivity index (χ0v) is 16.4. The molecular formula is C17H23NO3S3. The van der Waals surface area contributed by atoms with Gasteiger partial charge in [0.25, 0.3) is 0 Å². The molecule has 1 aromatic heterocycles. The molecule has 0 aliphatic heterocycles. The minimum atomic E-state index is -3.63. The Labute approximate surface area is 152 Å². The van der Waals surface area contributed by atoms with Gasteiger partial charge in [-0.3, -0.25) is 0 Å². The largest absolute Gasteiger partial charge is 0.387 e. The summed E-state index contributed by atoms with van der Waals surface area (Å²) in [6, 6.07) is 10.3. The van der Waals surface area contributed by atoms with Crippen molar-refractivity contribution in [2.24, 2.45) is 5.92 Å². The predicted octanol–water partition coefficient (Wildman–Crippen LogP) is 3.90. The van der Waals surface area contributed by atoms with Crippen molar-refractivity contribution in [3.63, 3.8) is 0 Å².